The molecule has 0 atom stereocenters. The Kier molecular flexibility index (Phi) is 268. The molecule has 0 bridgehead atoms. The second-order valence-corrected chi connectivity index (χ2v) is 0. The first kappa shape index (κ1) is 47.2. The van der Waals surface area contributed by atoms with E-state index in [-0.39, 0.29) is 143 Å². The summed E-state index contributed by atoms with van der Waals surface area (Å²) in [5, 5.41) is 0. The molecule has 6 heavy (non-hydrogen) atoms. The molecule has 0 aromatic carbocycles. The first-order valence-electron chi connectivity index (χ1n) is 0. The van der Waals surface area contributed by atoms with Gasteiger partial charge in [-0.15, -0.1) is 0 Å². The Hall–Kier alpha value is 4.44. The van der Waals surface area contributed by atoms with E-state index in [1.165, 1.54) is 0 Å². The molecule has 0 saturated carbocycles. The summed E-state index contributed by atoms with van der Waals surface area (Å²) in [4.78, 5) is 0. The maximum absolute atomic E-state index is 0. The van der Waals surface area contributed by atoms with E-state index in [2.05, 4.69) is 0 Å². The molecule has 0 aliphatic rings. The molecule has 0 aromatic heterocycles. The van der Waals surface area contributed by atoms with Crippen LogP contribution < -0.4 is 29.6 Å². The Morgan fingerprint density at radius 2 is 0.667 bits per heavy atom. The summed E-state index contributed by atoms with van der Waals surface area (Å²) < 4.78 is 0. The molecule has 0 amide bonds. The van der Waals surface area contributed by atoms with E-state index in [1.54, 1.807) is 0 Å². The summed E-state index contributed by atoms with van der Waals surface area (Å²) in [5.41, 5.74) is 0. The normalized spacial score (nSPS) is 0. The van der Waals surface area contributed by atoms with Gasteiger partial charge in [-0.1, -0.05) is 0 Å². The van der Waals surface area contributed by atoms with Gasteiger partial charge in [0.1, 0.15) is 0 Å². The van der Waals surface area contributed by atoms with Crippen LogP contribution in [0.1, 0.15) is 0 Å². The van der Waals surface area contributed by atoms with Crippen LogP contribution in [0.3, 0.4) is 0 Å². The van der Waals surface area contributed by atoms with Gasteiger partial charge < -0.3 is 40.5 Å². The van der Waals surface area contributed by atoms with E-state index in [9.17, 15) is 0 Å². The second-order valence-electron chi connectivity index (χ2n) is 0. The zero-order valence-electron chi connectivity index (χ0n) is 3.38. The van der Waals surface area contributed by atoms with Crippen molar-refractivity contribution >= 4 is 114 Å². The molecule has 0 spiro atoms. The predicted octanol–water partition coefficient (Wildman–Crippen LogP) is -3.76. The maximum Gasteiger partial charge on any atom is 3.00 e. The Balaban J connectivity index is 0. The quantitative estimate of drug-likeness (QED) is 0.380. The van der Waals surface area contributed by atoms with Gasteiger partial charge in [0.2, 0.25) is 0 Å². The monoisotopic (exact) mass is 378 g/mol. The minimum atomic E-state index is 0. The van der Waals surface area contributed by atoms with Crippen molar-refractivity contribution in [1.29, 1.82) is 0 Å². The van der Waals surface area contributed by atoms with Crippen LogP contribution in [0.25, 0.3) is 0 Å². The van der Waals surface area contributed by atoms with E-state index in [1.807, 2.05) is 0 Å². The van der Waals surface area contributed by atoms with Crippen LogP contribution in [-0.4, -0.2) is 73.3 Å². The molecule has 0 aliphatic carbocycles. The second kappa shape index (κ2) is 34.1. The summed E-state index contributed by atoms with van der Waals surface area (Å²) in [6, 6.07) is 0. The Bertz CT molecular complexity index is 10.8. The van der Waals surface area contributed by atoms with Gasteiger partial charge in [-0.3, -0.25) is 0 Å². The summed E-state index contributed by atoms with van der Waals surface area (Å²) in [6.45, 7) is 0. The van der Waals surface area contributed by atoms with E-state index in [4.69, 9.17) is 0 Å². The molecule has 6 heteroatoms. The van der Waals surface area contributed by atoms with Crippen molar-refractivity contribution in [2.24, 2.45) is 0 Å². The van der Waals surface area contributed by atoms with Crippen molar-refractivity contribution in [2.45, 2.75) is 0 Å². The number of hydrogen-bond donors (Lipinski definition) is 0. The van der Waals surface area contributed by atoms with Gasteiger partial charge in [-0.25, -0.2) is 0 Å². The van der Waals surface area contributed by atoms with Crippen molar-refractivity contribution in [3.8, 4) is 0 Å². The van der Waals surface area contributed by atoms with Crippen molar-refractivity contribution in [3.63, 3.8) is 0 Å². The van der Waals surface area contributed by atoms with Crippen LogP contribution >= 0.6 is 0 Å². The Morgan fingerprint density at radius 3 is 0.667 bits per heavy atom. The number of rotatable bonds is 0. The van der Waals surface area contributed by atoms with Crippen LogP contribution in [0.5, 0.6) is 0 Å². The zero-order chi connectivity index (χ0) is 0. The fourth-order valence-electron chi connectivity index (χ4n) is 0. The smallest absolute Gasteiger partial charge is 2.00 e. The molecular weight excluding hydrogens is 378 g/mol. The van der Waals surface area contributed by atoms with Gasteiger partial charge in [0.05, 0.1) is 0 Å². The molecule has 0 fully saturated rings. The average Bonchev–Trinajstić information content (AvgIpc) is 0. The Morgan fingerprint density at radius 1 is 0.667 bits per heavy atom. The van der Waals surface area contributed by atoms with Crippen LogP contribution in [0.15, 0.2) is 0 Å². The van der Waals surface area contributed by atoms with Crippen LogP contribution in [-0.2, 0) is 40.5 Å². The summed E-state index contributed by atoms with van der Waals surface area (Å²) in [6.07, 6.45) is 0. The van der Waals surface area contributed by atoms with Crippen molar-refractivity contribution in [3.05, 3.63) is 0 Å². The SMILES string of the molecule is [Ba+2].[Na+].[S-2].[S-2].[S-2].[Sb+3]. The van der Waals surface area contributed by atoms with Gasteiger partial charge in [0, 0.05) is 0 Å². The first-order valence-corrected chi connectivity index (χ1v) is 0. The van der Waals surface area contributed by atoms with Crippen molar-refractivity contribution < 1.29 is 29.6 Å². The summed E-state index contributed by atoms with van der Waals surface area (Å²) in [7, 11) is 0. The minimum absolute atomic E-state index is 0. The molecule has 0 nitrogen and oxygen atoms in total. The molecule has 0 saturated heterocycles. The number of hydrogen-bond acceptors (Lipinski definition) is 0. The van der Waals surface area contributed by atoms with Crippen LogP contribution in [0, 0.1) is 0 Å². The standard InChI is InChI=1S/Ba.Na.3S.Sb/q+2;+1;3*-2;+3. The minimum Gasteiger partial charge on any atom is -2.00 e. The topological polar surface area (TPSA) is 0 Å². The van der Waals surface area contributed by atoms with Gasteiger partial charge >= 0.3 is 103 Å². The van der Waals surface area contributed by atoms with E-state index < -0.39 is 0 Å². The van der Waals surface area contributed by atoms with E-state index in [0.717, 1.165) is 0 Å². The molecular formula is BaNaS3Sb. The molecule has 0 aromatic rings. The first-order chi connectivity index (χ1) is 0. The average molecular weight is 378 g/mol. The molecule has 0 rings (SSSR count). The summed E-state index contributed by atoms with van der Waals surface area (Å²) >= 11 is 0. The summed E-state index contributed by atoms with van der Waals surface area (Å²) in [5.74, 6) is 0. The molecule has 0 N–H and O–H groups in total. The largest absolute Gasteiger partial charge is 3.00 e. The van der Waals surface area contributed by atoms with Gasteiger partial charge in [-0.2, -0.15) is 0 Å². The van der Waals surface area contributed by atoms with E-state index >= 15 is 0 Å². The maximum atomic E-state index is 0. The predicted molar refractivity (Wildman–Crippen MR) is 33.6 cm³/mol. The molecule has 0 unspecified atom stereocenters. The van der Waals surface area contributed by atoms with Crippen LogP contribution in [0.4, 0.5) is 0 Å². The van der Waals surface area contributed by atoms with Gasteiger partial charge in [-0.05, 0) is 0 Å². The zero-order valence-corrected chi connectivity index (χ0v) is 14.8. The molecule has 2 radical (unpaired) electrons. The third kappa shape index (κ3) is 23.7. The van der Waals surface area contributed by atoms with Crippen molar-refractivity contribution in [1.82, 2.24) is 0 Å². The molecule has 0 heterocycles. The fraction of sp³-hybridized carbons (Fsp3) is 0. The molecule has 26 valence electrons. The molecule has 0 aliphatic heterocycles. The van der Waals surface area contributed by atoms with Gasteiger partial charge in [0.15, 0.2) is 0 Å². The third-order valence-electron chi connectivity index (χ3n) is 0. The third-order valence-corrected chi connectivity index (χ3v) is 0. The van der Waals surface area contributed by atoms with Gasteiger partial charge in [0.25, 0.3) is 0 Å². The van der Waals surface area contributed by atoms with E-state index in [0.29, 0.717) is 0 Å². The fourth-order valence-corrected chi connectivity index (χ4v) is 0. The van der Waals surface area contributed by atoms with Crippen molar-refractivity contribution in [2.75, 3.05) is 0 Å². The Labute approximate surface area is 140 Å². The van der Waals surface area contributed by atoms with Crippen LogP contribution in [0.2, 0.25) is 0 Å².